The van der Waals surface area contributed by atoms with Gasteiger partial charge in [0.1, 0.15) is 5.82 Å². The van der Waals surface area contributed by atoms with Gasteiger partial charge in [-0.2, -0.15) is 0 Å². The molecule has 31 heavy (non-hydrogen) atoms. The first kappa shape index (κ1) is 22.2. The zero-order valence-electron chi connectivity index (χ0n) is 16.2. The first-order valence-corrected chi connectivity index (χ1v) is 9.55. The molecule has 2 aromatic carbocycles. The minimum absolute atomic E-state index is 0.0528. The predicted molar refractivity (Wildman–Crippen MR) is 109 cm³/mol. The van der Waals surface area contributed by atoms with Crippen molar-refractivity contribution in [2.75, 3.05) is 16.8 Å². The summed E-state index contributed by atoms with van der Waals surface area (Å²) in [7, 11) is 0. The minimum atomic E-state index is -1.23. The van der Waals surface area contributed by atoms with E-state index in [4.69, 9.17) is 16.3 Å². The lowest BCUT2D eigenvalue weighted by Gasteiger charge is -2.18. The molecule has 0 saturated carbocycles. The molecule has 3 rings (SSSR count). The van der Waals surface area contributed by atoms with Crippen LogP contribution in [0.25, 0.3) is 0 Å². The Morgan fingerprint density at radius 1 is 1.32 bits per heavy atom. The number of amides is 2. The van der Waals surface area contributed by atoms with Crippen molar-refractivity contribution in [3.63, 3.8) is 0 Å². The van der Waals surface area contributed by atoms with E-state index in [0.717, 1.165) is 6.07 Å². The Kier molecular flexibility index (Phi) is 6.50. The highest BCUT2D eigenvalue weighted by atomic mass is 35.5. The summed E-state index contributed by atoms with van der Waals surface area (Å²) < 4.78 is 19.1. The standard InChI is InChI=1S/C20H17ClFN3O6/c1-11(19(27)23-16-7-6-13(25(29)30)9-14(16)21)31-20(28)12-8-18(26)24(10-12)17-5-3-2-4-15(17)22/h2-7,9,11-12H,8,10H2,1H3,(H,23,27)/t11-,12-/m0/s1. The zero-order valence-corrected chi connectivity index (χ0v) is 17.0. The van der Waals surface area contributed by atoms with Crippen LogP contribution >= 0.6 is 11.6 Å². The van der Waals surface area contributed by atoms with Gasteiger partial charge in [-0.15, -0.1) is 0 Å². The van der Waals surface area contributed by atoms with E-state index in [1.807, 2.05) is 0 Å². The van der Waals surface area contributed by atoms with Crippen molar-refractivity contribution in [1.82, 2.24) is 0 Å². The number of para-hydroxylation sites is 1. The third-order valence-electron chi connectivity index (χ3n) is 4.69. The summed E-state index contributed by atoms with van der Waals surface area (Å²) >= 11 is 5.93. The third kappa shape index (κ3) is 4.97. The lowest BCUT2D eigenvalue weighted by Crippen LogP contribution is -2.33. The van der Waals surface area contributed by atoms with Crippen LogP contribution in [0, 0.1) is 21.8 Å². The maximum Gasteiger partial charge on any atom is 0.312 e. The first-order chi connectivity index (χ1) is 14.7. The molecule has 1 N–H and O–H groups in total. The number of anilines is 2. The molecule has 11 heteroatoms. The summed E-state index contributed by atoms with van der Waals surface area (Å²) in [5.41, 5.74) is -0.0591. The highest BCUT2D eigenvalue weighted by molar-refractivity contribution is 6.34. The maximum absolute atomic E-state index is 14.0. The number of carbonyl (C=O) groups is 3. The van der Waals surface area contributed by atoms with Gasteiger partial charge in [-0.25, -0.2) is 4.39 Å². The van der Waals surface area contributed by atoms with E-state index in [2.05, 4.69) is 5.32 Å². The van der Waals surface area contributed by atoms with Crippen LogP contribution in [0.3, 0.4) is 0 Å². The molecule has 1 aliphatic rings. The zero-order chi connectivity index (χ0) is 22.7. The fraction of sp³-hybridized carbons (Fsp3) is 0.250. The smallest absolute Gasteiger partial charge is 0.312 e. The Labute approximate surface area is 180 Å². The molecule has 2 atom stereocenters. The average molecular weight is 450 g/mol. The van der Waals surface area contributed by atoms with Gasteiger partial charge >= 0.3 is 5.97 Å². The monoisotopic (exact) mass is 449 g/mol. The molecule has 1 saturated heterocycles. The maximum atomic E-state index is 14.0. The van der Waals surface area contributed by atoms with Crippen molar-refractivity contribution in [1.29, 1.82) is 0 Å². The van der Waals surface area contributed by atoms with Gasteiger partial charge in [0.05, 0.1) is 27.2 Å². The summed E-state index contributed by atoms with van der Waals surface area (Å²) in [4.78, 5) is 48.3. The van der Waals surface area contributed by atoms with E-state index in [9.17, 15) is 28.9 Å². The molecule has 0 radical (unpaired) electrons. The topological polar surface area (TPSA) is 119 Å². The number of non-ortho nitro benzene ring substituents is 1. The number of nitro benzene ring substituents is 1. The number of hydrogen-bond donors (Lipinski definition) is 1. The fourth-order valence-electron chi connectivity index (χ4n) is 3.05. The van der Waals surface area contributed by atoms with Crippen molar-refractivity contribution >= 4 is 46.4 Å². The molecule has 0 spiro atoms. The molecule has 9 nitrogen and oxygen atoms in total. The van der Waals surface area contributed by atoms with Crippen molar-refractivity contribution in [3.05, 3.63) is 63.4 Å². The van der Waals surface area contributed by atoms with Gasteiger partial charge in [0, 0.05) is 25.1 Å². The van der Waals surface area contributed by atoms with Gasteiger partial charge < -0.3 is 15.0 Å². The van der Waals surface area contributed by atoms with E-state index in [1.165, 1.54) is 42.2 Å². The SMILES string of the molecule is C[C@H](OC(=O)[C@H]1CC(=O)N(c2ccccc2F)C1)C(=O)Nc1ccc([N+](=O)[O-])cc1Cl. The summed E-state index contributed by atoms with van der Waals surface area (Å²) in [6.45, 7) is 1.26. The normalized spacial score (nSPS) is 16.7. The van der Waals surface area contributed by atoms with Gasteiger partial charge in [0.25, 0.3) is 11.6 Å². The second-order valence-electron chi connectivity index (χ2n) is 6.85. The highest BCUT2D eigenvalue weighted by Crippen LogP contribution is 2.29. The number of carbonyl (C=O) groups excluding carboxylic acids is 3. The van der Waals surface area contributed by atoms with E-state index < -0.39 is 40.5 Å². The molecule has 0 aliphatic carbocycles. The molecule has 1 heterocycles. The number of hydrogen-bond acceptors (Lipinski definition) is 6. The highest BCUT2D eigenvalue weighted by Gasteiger charge is 2.38. The minimum Gasteiger partial charge on any atom is -0.452 e. The van der Waals surface area contributed by atoms with Gasteiger partial charge in [0.2, 0.25) is 5.91 Å². The Hall–Kier alpha value is -3.53. The van der Waals surface area contributed by atoms with Crippen LogP contribution in [0.2, 0.25) is 5.02 Å². The van der Waals surface area contributed by atoms with Crippen LogP contribution in [0.4, 0.5) is 21.5 Å². The molecule has 0 bridgehead atoms. The van der Waals surface area contributed by atoms with Gasteiger partial charge in [-0.05, 0) is 25.1 Å². The van der Waals surface area contributed by atoms with Crippen molar-refractivity contribution in [3.8, 4) is 0 Å². The van der Waals surface area contributed by atoms with Gasteiger partial charge in [-0.1, -0.05) is 23.7 Å². The first-order valence-electron chi connectivity index (χ1n) is 9.17. The van der Waals surface area contributed by atoms with Crippen LogP contribution in [0.5, 0.6) is 0 Å². The van der Waals surface area contributed by atoms with Crippen molar-refractivity contribution in [2.45, 2.75) is 19.4 Å². The number of nitro groups is 1. The Bertz CT molecular complexity index is 1060. The van der Waals surface area contributed by atoms with E-state index in [1.54, 1.807) is 6.07 Å². The summed E-state index contributed by atoms with van der Waals surface area (Å²) in [6.07, 6.45) is -1.40. The van der Waals surface area contributed by atoms with Gasteiger partial charge in [-0.3, -0.25) is 24.5 Å². The van der Waals surface area contributed by atoms with Crippen molar-refractivity contribution < 1.29 is 28.4 Å². The number of ether oxygens (including phenoxy) is 1. The van der Waals surface area contributed by atoms with Gasteiger partial charge in [0.15, 0.2) is 6.10 Å². The molecule has 162 valence electrons. The molecule has 0 unspecified atom stereocenters. The lowest BCUT2D eigenvalue weighted by atomic mass is 10.1. The largest absolute Gasteiger partial charge is 0.452 e. The lowest BCUT2D eigenvalue weighted by molar-refractivity contribution is -0.384. The number of rotatable bonds is 6. The molecular formula is C20H17ClFN3O6. The molecule has 1 aliphatic heterocycles. The van der Waals surface area contributed by atoms with Crippen LogP contribution in [-0.2, 0) is 19.1 Å². The van der Waals surface area contributed by atoms with Crippen LogP contribution in [0.15, 0.2) is 42.5 Å². The molecule has 0 aromatic heterocycles. The number of nitrogens with one attached hydrogen (secondary N) is 1. The van der Waals surface area contributed by atoms with Crippen LogP contribution in [-0.4, -0.2) is 35.4 Å². The average Bonchev–Trinajstić information content (AvgIpc) is 3.11. The van der Waals surface area contributed by atoms with E-state index >= 15 is 0 Å². The van der Waals surface area contributed by atoms with Crippen molar-refractivity contribution in [2.24, 2.45) is 5.92 Å². The number of esters is 1. The van der Waals surface area contributed by atoms with E-state index in [0.29, 0.717) is 0 Å². The van der Waals surface area contributed by atoms with Crippen LogP contribution < -0.4 is 10.2 Å². The molecule has 2 aromatic rings. The van der Waals surface area contributed by atoms with E-state index in [-0.39, 0.29) is 35.1 Å². The number of benzene rings is 2. The Morgan fingerprint density at radius 2 is 2.03 bits per heavy atom. The summed E-state index contributed by atoms with van der Waals surface area (Å²) in [5, 5.41) is 13.1. The number of nitrogens with zero attached hydrogens (tertiary/aromatic N) is 2. The Morgan fingerprint density at radius 3 is 2.68 bits per heavy atom. The Balaban J connectivity index is 1.60. The molecular weight excluding hydrogens is 433 g/mol. The summed E-state index contributed by atoms with van der Waals surface area (Å²) in [5.74, 6) is -3.35. The fourth-order valence-corrected chi connectivity index (χ4v) is 3.27. The molecule has 1 fully saturated rings. The quantitative estimate of drug-likeness (QED) is 0.410. The third-order valence-corrected chi connectivity index (χ3v) is 5.00. The molecule has 2 amide bonds. The van der Waals surface area contributed by atoms with Crippen LogP contribution in [0.1, 0.15) is 13.3 Å². The second-order valence-corrected chi connectivity index (χ2v) is 7.25. The second kappa shape index (κ2) is 9.09. The summed E-state index contributed by atoms with van der Waals surface area (Å²) in [6, 6.07) is 9.22. The number of halogens is 2. The predicted octanol–water partition coefficient (Wildman–Crippen LogP) is 3.31.